The van der Waals surface area contributed by atoms with Crippen molar-refractivity contribution in [1.82, 2.24) is 4.72 Å². The molecule has 2 aromatic rings. The smallest absolute Gasteiger partial charge is 0.331 e. The highest BCUT2D eigenvalue weighted by molar-refractivity contribution is 7.99. The predicted octanol–water partition coefficient (Wildman–Crippen LogP) is 2.61. The van der Waals surface area contributed by atoms with Crippen molar-refractivity contribution < 1.29 is 31.5 Å². The number of benzene rings is 2. The monoisotopic (exact) mass is 469 g/mol. The highest BCUT2D eigenvalue weighted by Gasteiger charge is 2.31. The minimum absolute atomic E-state index is 0.0197. The molecule has 0 saturated heterocycles. The Labute approximate surface area is 181 Å². The van der Waals surface area contributed by atoms with Crippen LogP contribution in [0.4, 0.5) is 14.5 Å². The molecule has 0 unspecified atom stereocenters. The number of aliphatic imine (C=N–C) groups is 1. The molecule has 1 aliphatic heterocycles. The Morgan fingerprint density at radius 2 is 1.84 bits per heavy atom. The van der Waals surface area contributed by atoms with Gasteiger partial charge in [0.2, 0.25) is 0 Å². The van der Waals surface area contributed by atoms with Gasteiger partial charge < -0.3 is 10.1 Å². The number of anilines is 1. The third-order valence-corrected chi connectivity index (χ3v) is 6.15. The topological polar surface area (TPSA) is 114 Å². The van der Waals surface area contributed by atoms with Gasteiger partial charge in [-0.05, 0) is 43.3 Å². The summed E-state index contributed by atoms with van der Waals surface area (Å²) in [7, 11) is -3.74. The largest absolute Gasteiger partial charge is 0.454 e. The Morgan fingerprint density at radius 3 is 2.52 bits per heavy atom. The molecule has 1 atom stereocenters. The van der Waals surface area contributed by atoms with Crippen LogP contribution in [0, 0.1) is 0 Å². The van der Waals surface area contributed by atoms with E-state index >= 15 is 0 Å². The fourth-order valence-electron chi connectivity index (χ4n) is 2.65. The van der Waals surface area contributed by atoms with Gasteiger partial charge in [0.05, 0.1) is 4.90 Å². The Bertz CT molecular complexity index is 1120. The average Bonchev–Trinajstić information content (AvgIpc) is 2.97. The van der Waals surface area contributed by atoms with Crippen molar-refractivity contribution in [2.45, 2.75) is 28.5 Å². The number of halogens is 2. The summed E-state index contributed by atoms with van der Waals surface area (Å²) < 4.78 is 56.0. The number of carbonyl (C=O) groups excluding carboxylic acids is 2. The second kappa shape index (κ2) is 9.43. The van der Waals surface area contributed by atoms with Crippen molar-refractivity contribution >= 4 is 45.2 Å². The number of nitrogens with one attached hydrogen (secondary N) is 2. The van der Waals surface area contributed by atoms with Crippen LogP contribution >= 0.6 is 11.8 Å². The van der Waals surface area contributed by atoms with Gasteiger partial charge in [-0.3, -0.25) is 14.5 Å². The third kappa shape index (κ3) is 5.79. The number of amides is 1. The number of amidine groups is 1. The molecule has 2 N–H and O–H groups in total. The number of fused-ring (bicyclic) bond motifs is 1. The van der Waals surface area contributed by atoms with E-state index in [0.717, 1.165) is 0 Å². The standard InChI is InChI=1S/C19H17F2N3O5S2/c1-11(22-17-14-4-2-3-5-15(14)31(27,28)24-17)18(26)29-10-16(25)23-12-6-8-13(9-7-12)30-19(20)21/h2-9,11,19H,10H2,1H3,(H,22,24)(H,23,25)/t11-/m1/s1. The van der Waals surface area contributed by atoms with Crippen molar-refractivity contribution in [2.24, 2.45) is 4.99 Å². The quantitative estimate of drug-likeness (QED) is 0.476. The molecular weight excluding hydrogens is 452 g/mol. The first-order chi connectivity index (χ1) is 14.7. The van der Waals surface area contributed by atoms with Crippen LogP contribution in [0.1, 0.15) is 12.5 Å². The molecule has 0 saturated carbocycles. The van der Waals surface area contributed by atoms with E-state index in [1.807, 2.05) is 0 Å². The third-order valence-electron chi connectivity index (χ3n) is 4.04. The second-order valence-corrected chi connectivity index (χ2v) is 9.03. The average molecular weight is 469 g/mol. The van der Waals surface area contributed by atoms with Gasteiger partial charge in [-0.15, -0.1) is 0 Å². The predicted molar refractivity (Wildman–Crippen MR) is 111 cm³/mol. The molecule has 8 nitrogen and oxygen atoms in total. The molecule has 0 spiro atoms. The number of sulfonamides is 1. The summed E-state index contributed by atoms with van der Waals surface area (Å²) in [4.78, 5) is 28.6. The Balaban J connectivity index is 1.55. The van der Waals surface area contributed by atoms with E-state index in [-0.39, 0.29) is 10.7 Å². The molecule has 0 radical (unpaired) electrons. The number of esters is 1. The van der Waals surface area contributed by atoms with Crippen molar-refractivity contribution in [3.05, 3.63) is 54.1 Å². The number of carbonyl (C=O) groups is 2. The van der Waals surface area contributed by atoms with Crippen LogP contribution in [0.2, 0.25) is 0 Å². The van der Waals surface area contributed by atoms with E-state index in [0.29, 0.717) is 27.9 Å². The molecule has 1 aliphatic rings. The molecule has 1 amide bonds. The fraction of sp³-hybridized carbons (Fsp3) is 0.211. The molecule has 0 aliphatic carbocycles. The first kappa shape index (κ1) is 22.7. The highest BCUT2D eigenvalue weighted by Crippen LogP contribution is 2.26. The van der Waals surface area contributed by atoms with Gasteiger partial charge in [-0.1, -0.05) is 23.9 Å². The van der Waals surface area contributed by atoms with Crippen LogP contribution < -0.4 is 10.0 Å². The van der Waals surface area contributed by atoms with E-state index in [9.17, 15) is 26.8 Å². The lowest BCUT2D eigenvalue weighted by atomic mass is 10.2. The molecule has 31 heavy (non-hydrogen) atoms. The Hall–Kier alpha value is -2.99. The molecule has 0 fully saturated rings. The Morgan fingerprint density at radius 1 is 1.16 bits per heavy atom. The summed E-state index contributed by atoms with van der Waals surface area (Å²) in [5.41, 5.74) is 0.693. The first-order valence-electron chi connectivity index (χ1n) is 8.87. The number of hydrogen-bond donors (Lipinski definition) is 2. The van der Waals surface area contributed by atoms with Gasteiger partial charge in [0.15, 0.2) is 6.61 Å². The summed E-state index contributed by atoms with van der Waals surface area (Å²) in [6.07, 6.45) is 0. The second-order valence-electron chi connectivity index (χ2n) is 6.31. The Kier molecular flexibility index (Phi) is 6.91. The van der Waals surface area contributed by atoms with Gasteiger partial charge in [0.25, 0.3) is 21.7 Å². The normalized spacial score (nSPS) is 16.5. The maximum Gasteiger partial charge on any atom is 0.331 e. The minimum Gasteiger partial charge on any atom is -0.454 e. The van der Waals surface area contributed by atoms with Gasteiger partial charge in [0.1, 0.15) is 11.9 Å². The molecule has 2 aromatic carbocycles. The lowest BCUT2D eigenvalue weighted by Crippen LogP contribution is -2.28. The number of hydrogen-bond acceptors (Lipinski definition) is 7. The highest BCUT2D eigenvalue weighted by atomic mass is 32.2. The number of rotatable bonds is 7. The summed E-state index contributed by atoms with van der Waals surface area (Å²) in [6, 6.07) is 10.9. The zero-order chi connectivity index (χ0) is 22.6. The number of ether oxygens (including phenoxy) is 1. The van der Waals surface area contributed by atoms with E-state index in [4.69, 9.17) is 4.74 Å². The van der Waals surface area contributed by atoms with E-state index in [2.05, 4.69) is 15.0 Å². The van der Waals surface area contributed by atoms with Crippen LogP contribution in [0.25, 0.3) is 0 Å². The SMILES string of the molecule is C[C@@H](N=C1NS(=O)(=O)c2ccccc21)C(=O)OCC(=O)Nc1ccc(SC(F)F)cc1. The van der Waals surface area contributed by atoms with Gasteiger partial charge in [-0.2, -0.15) is 8.78 Å². The number of thioether (sulfide) groups is 1. The fourth-order valence-corrected chi connectivity index (χ4v) is 4.39. The van der Waals surface area contributed by atoms with Crippen molar-refractivity contribution in [3.63, 3.8) is 0 Å². The maximum atomic E-state index is 12.3. The van der Waals surface area contributed by atoms with E-state index in [1.165, 1.54) is 37.3 Å². The summed E-state index contributed by atoms with van der Waals surface area (Å²) in [6.45, 7) is 0.811. The lowest BCUT2D eigenvalue weighted by molar-refractivity contribution is -0.148. The molecule has 3 rings (SSSR count). The van der Waals surface area contributed by atoms with Gasteiger partial charge >= 0.3 is 5.97 Å². The molecule has 12 heteroatoms. The van der Waals surface area contributed by atoms with Crippen LogP contribution in [0.15, 0.2) is 63.3 Å². The van der Waals surface area contributed by atoms with Crippen LogP contribution in [-0.2, 0) is 24.3 Å². The molecule has 0 aromatic heterocycles. The molecule has 0 bridgehead atoms. The van der Waals surface area contributed by atoms with Crippen molar-refractivity contribution in [3.8, 4) is 0 Å². The van der Waals surface area contributed by atoms with Gasteiger partial charge in [-0.25, -0.2) is 13.2 Å². The lowest BCUT2D eigenvalue weighted by Gasteiger charge is -2.10. The van der Waals surface area contributed by atoms with Crippen LogP contribution in [-0.4, -0.2) is 44.5 Å². The number of alkyl halides is 2. The zero-order valence-electron chi connectivity index (χ0n) is 16.0. The van der Waals surface area contributed by atoms with Crippen molar-refractivity contribution in [2.75, 3.05) is 11.9 Å². The molecule has 164 valence electrons. The van der Waals surface area contributed by atoms with Crippen LogP contribution in [0.3, 0.4) is 0 Å². The maximum absolute atomic E-state index is 12.3. The molecular formula is C19H17F2N3O5S2. The zero-order valence-corrected chi connectivity index (χ0v) is 17.7. The van der Waals surface area contributed by atoms with Gasteiger partial charge in [0, 0.05) is 16.1 Å². The van der Waals surface area contributed by atoms with E-state index in [1.54, 1.807) is 18.2 Å². The summed E-state index contributed by atoms with van der Waals surface area (Å²) in [5, 5.41) is 2.47. The first-order valence-corrected chi connectivity index (χ1v) is 11.2. The van der Waals surface area contributed by atoms with E-state index < -0.39 is 40.3 Å². The summed E-state index contributed by atoms with van der Waals surface area (Å²) >= 11 is 0.381. The number of nitrogens with zero attached hydrogens (tertiary/aromatic N) is 1. The van der Waals surface area contributed by atoms with Crippen LogP contribution in [0.5, 0.6) is 0 Å². The minimum atomic E-state index is -3.74. The molecule has 1 heterocycles. The van der Waals surface area contributed by atoms with Crippen molar-refractivity contribution in [1.29, 1.82) is 0 Å². The summed E-state index contributed by atoms with van der Waals surface area (Å²) in [5.74, 6) is -3.98.